The SMILES string of the molecule is CC(C)(C)c1ccc(-c2nnc(-c3ccccc3)cc2-c2ccccc2)cc1. The van der Waals surface area contributed by atoms with Gasteiger partial charge in [-0.15, -0.1) is 10.2 Å². The third kappa shape index (κ3) is 3.72. The monoisotopic (exact) mass is 364 g/mol. The van der Waals surface area contributed by atoms with Crippen LogP contribution in [0, 0.1) is 0 Å². The number of aromatic nitrogens is 2. The summed E-state index contributed by atoms with van der Waals surface area (Å²) in [6, 6.07) is 31.4. The van der Waals surface area contributed by atoms with Crippen LogP contribution >= 0.6 is 0 Å². The van der Waals surface area contributed by atoms with Gasteiger partial charge in [0.2, 0.25) is 0 Å². The van der Waals surface area contributed by atoms with Gasteiger partial charge in [0.15, 0.2) is 0 Å². The second-order valence-corrected chi connectivity index (χ2v) is 8.05. The van der Waals surface area contributed by atoms with Crippen LogP contribution in [0.2, 0.25) is 0 Å². The molecule has 0 fully saturated rings. The number of nitrogens with zero attached hydrogens (tertiary/aromatic N) is 2. The Labute approximate surface area is 166 Å². The topological polar surface area (TPSA) is 25.8 Å². The molecule has 0 aliphatic rings. The number of hydrogen-bond acceptors (Lipinski definition) is 2. The molecule has 28 heavy (non-hydrogen) atoms. The van der Waals surface area contributed by atoms with Crippen molar-refractivity contribution in [3.8, 4) is 33.6 Å². The number of hydrogen-bond donors (Lipinski definition) is 0. The van der Waals surface area contributed by atoms with Crippen LogP contribution in [0.3, 0.4) is 0 Å². The Balaban J connectivity index is 1.85. The lowest BCUT2D eigenvalue weighted by Crippen LogP contribution is -2.10. The second-order valence-electron chi connectivity index (χ2n) is 8.05. The first-order chi connectivity index (χ1) is 13.5. The molecule has 1 heterocycles. The zero-order chi connectivity index (χ0) is 19.6. The molecule has 4 rings (SSSR count). The van der Waals surface area contributed by atoms with Gasteiger partial charge in [-0.25, -0.2) is 0 Å². The molecular weight excluding hydrogens is 340 g/mol. The van der Waals surface area contributed by atoms with Crippen molar-refractivity contribution in [2.75, 3.05) is 0 Å². The maximum absolute atomic E-state index is 4.64. The lowest BCUT2D eigenvalue weighted by molar-refractivity contribution is 0.590. The van der Waals surface area contributed by atoms with Crippen LogP contribution in [0.5, 0.6) is 0 Å². The van der Waals surface area contributed by atoms with Crippen LogP contribution in [0.15, 0.2) is 91.0 Å². The van der Waals surface area contributed by atoms with Gasteiger partial charge >= 0.3 is 0 Å². The standard InChI is InChI=1S/C26H24N2/c1-26(2,3)22-16-14-21(15-17-22)25-23(19-10-6-4-7-11-19)18-24(27-28-25)20-12-8-5-9-13-20/h4-18H,1-3H3. The Morgan fingerprint density at radius 3 is 1.71 bits per heavy atom. The van der Waals surface area contributed by atoms with E-state index in [-0.39, 0.29) is 5.41 Å². The van der Waals surface area contributed by atoms with E-state index < -0.39 is 0 Å². The summed E-state index contributed by atoms with van der Waals surface area (Å²) in [5.41, 5.74) is 7.62. The maximum Gasteiger partial charge on any atom is 0.101 e. The molecule has 0 amide bonds. The lowest BCUT2D eigenvalue weighted by atomic mass is 9.86. The van der Waals surface area contributed by atoms with Crippen LogP contribution in [-0.2, 0) is 5.41 Å². The zero-order valence-corrected chi connectivity index (χ0v) is 16.6. The summed E-state index contributed by atoms with van der Waals surface area (Å²) >= 11 is 0. The van der Waals surface area contributed by atoms with Crippen LogP contribution in [-0.4, -0.2) is 10.2 Å². The Hall–Kier alpha value is -3.26. The molecule has 0 bridgehead atoms. The fraction of sp³-hybridized carbons (Fsp3) is 0.154. The van der Waals surface area contributed by atoms with Crippen molar-refractivity contribution < 1.29 is 0 Å². The Kier molecular flexibility index (Phi) is 4.79. The van der Waals surface area contributed by atoms with E-state index in [4.69, 9.17) is 0 Å². The third-order valence-corrected chi connectivity index (χ3v) is 4.97. The van der Waals surface area contributed by atoms with E-state index in [1.807, 2.05) is 24.3 Å². The molecule has 2 heteroatoms. The highest BCUT2D eigenvalue weighted by Crippen LogP contribution is 2.33. The van der Waals surface area contributed by atoms with Gasteiger partial charge in [0.05, 0.1) is 5.69 Å². The normalized spacial score (nSPS) is 11.4. The van der Waals surface area contributed by atoms with Crippen molar-refractivity contribution in [1.29, 1.82) is 0 Å². The zero-order valence-electron chi connectivity index (χ0n) is 16.6. The van der Waals surface area contributed by atoms with E-state index in [0.29, 0.717) is 0 Å². The largest absolute Gasteiger partial charge is 0.150 e. The lowest BCUT2D eigenvalue weighted by Gasteiger charge is -2.19. The molecule has 0 aliphatic carbocycles. The first-order valence-electron chi connectivity index (χ1n) is 9.62. The van der Waals surface area contributed by atoms with Crippen molar-refractivity contribution in [1.82, 2.24) is 10.2 Å². The quantitative estimate of drug-likeness (QED) is 0.400. The van der Waals surface area contributed by atoms with E-state index in [0.717, 1.165) is 33.6 Å². The summed E-state index contributed by atoms with van der Waals surface area (Å²) in [4.78, 5) is 0. The van der Waals surface area contributed by atoms with Crippen LogP contribution in [0.1, 0.15) is 26.3 Å². The van der Waals surface area contributed by atoms with Gasteiger partial charge < -0.3 is 0 Å². The fourth-order valence-corrected chi connectivity index (χ4v) is 3.32. The first-order valence-corrected chi connectivity index (χ1v) is 9.62. The minimum Gasteiger partial charge on any atom is -0.150 e. The first kappa shape index (κ1) is 18.1. The molecule has 0 saturated carbocycles. The summed E-state index contributed by atoms with van der Waals surface area (Å²) in [7, 11) is 0. The van der Waals surface area contributed by atoms with Gasteiger partial charge in [-0.1, -0.05) is 106 Å². The van der Waals surface area contributed by atoms with E-state index in [1.165, 1.54) is 5.56 Å². The predicted molar refractivity (Wildman–Crippen MR) is 117 cm³/mol. The minimum atomic E-state index is 0.129. The molecular formula is C26H24N2. The van der Waals surface area contributed by atoms with Crippen LogP contribution in [0.25, 0.3) is 33.6 Å². The Morgan fingerprint density at radius 1 is 0.571 bits per heavy atom. The summed E-state index contributed by atoms with van der Waals surface area (Å²) in [6.07, 6.45) is 0. The van der Waals surface area contributed by atoms with E-state index in [9.17, 15) is 0 Å². The van der Waals surface area contributed by atoms with Gasteiger partial charge in [0.25, 0.3) is 0 Å². The highest BCUT2D eigenvalue weighted by Gasteiger charge is 2.16. The van der Waals surface area contributed by atoms with Gasteiger partial charge in [0.1, 0.15) is 5.69 Å². The Bertz CT molecular complexity index is 1060. The molecule has 0 saturated heterocycles. The molecule has 0 atom stereocenters. The third-order valence-electron chi connectivity index (χ3n) is 4.97. The fourth-order valence-electron chi connectivity index (χ4n) is 3.32. The molecule has 0 N–H and O–H groups in total. The molecule has 1 aromatic heterocycles. The van der Waals surface area contributed by atoms with Gasteiger partial charge in [-0.2, -0.15) is 0 Å². The van der Waals surface area contributed by atoms with Crippen molar-refractivity contribution in [2.24, 2.45) is 0 Å². The molecule has 2 nitrogen and oxygen atoms in total. The van der Waals surface area contributed by atoms with Crippen LogP contribution in [0.4, 0.5) is 0 Å². The van der Waals surface area contributed by atoms with E-state index in [2.05, 4.69) is 97.7 Å². The molecule has 138 valence electrons. The average molecular weight is 364 g/mol. The smallest absolute Gasteiger partial charge is 0.101 e. The van der Waals surface area contributed by atoms with E-state index >= 15 is 0 Å². The van der Waals surface area contributed by atoms with Crippen molar-refractivity contribution in [3.05, 3.63) is 96.6 Å². The molecule has 0 spiro atoms. The van der Waals surface area contributed by atoms with Gasteiger partial charge in [-0.3, -0.25) is 0 Å². The maximum atomic E-state index is 4.64. The molecule has 0 radical (unpaired) electrons. The van der Waals surface area contributed by atoms with Gasteiger partial charge in [-0.05, 0) is 22.6 Å². The number of benzene rings is 3. The predicted octanol–water partition coefficient (Wildman–Crippen LogP) is 6.78. The summed E-state index contributed by atoms with van der Waals surface area (Å²) in [5.74, 6) is 0. The molecule has 0 unspecified atom stereocenters. The summed E-state index contributed by atoms with van der Waals surface area (Å²) in [5, 5.41) is 9.18. The summed E-state index contributed by atoms with van der Waals surface area (Å²) < 4.78 is 0. The Morgan fingerprint density at radius 2 is 1.14 bits per heavy atom. The second kappa shape index (κ2) is 7.40. The van der Waals surface area contributed by atoms with E-state index in [1.54, 1.807) is 0 Å². The van der Waals surface area contributed by atoms with Gasteiger partial charge in [0, 0.05) is 16.7 Å². The number of rotatable bonds is 3. The molecule has 0 aliphatic heterocycles. The molecule has 3 aromatic carbocycles. The van der Waals surface area contributed by atoms with Crippen molar-refractivity contribution >= 4 is 0 Å². The van der Waals surface area contributed by atoms with Crippen molar-refractivity contribution in [2.45, 2.75) is 26.2 Å². The highest BCUT2D eigenvalue weighted by molar-refractivity contribution is 5.83. The molecule has 4 aromatic rings. The summed E-state index contributed by atoms with van der Waals surface area (Å²) in [6.45, 7) is 6.68. The van der Waals surface area contributed by atoms with Crippen LogP contribution < -0.4 is 0 Å². The van der Waals surface area contributed by atoms with Crippen molar-refractivity contribution in [3.63, 3.8) is 0 Å². The highest BCUT2D eigenvalue weighted by atomic mass is 15.1. The minimum absolute atomic E-state index is 0.129. The average Bonchev–Trinajstić information content (AvgIpc) is 2.74.